The van der Waals surface area contributed by atoms with E-state index in [2.05, 4.69) is 10.2 Å². The van der Waals surface area contributed by atoms with Gasteiger partial charge in [-0.15, -0.1) is 10.2 Å². The molecule has 0 aliphatic carbocycles. The van der Waals surface area contributed by atoms with Crippen LogP contribution in [0.5, 0.6) is 0 Å². The Morgan fingerprint density at radius 1 is 1.55 bits per heavy atom. The molecule has 0 spiro atoms. The SMILES string of the molecule is c1nnc(C2CCCOC2)o1. The molecule has 0 aromatic carbocycles. The summed E-state index contributed by atoms with van der Waals surface area (Å²) in [5.41, 5.74) is 0. The number of hydrogen-bond acceptors (Lipinski definition) is 4. The number of ether oxygens (including phenoxy) is 1. The third-order valence-corrected chi connectivity index (χ3v) is 1.89. The Labute approximate surface area is 64.6 Å². The van der Waals surface area contributed by atoms with E-state index in [1.807, 2.05) is 0 Å². The summed E-state index contributed by atoms with van der Waals surface area (Å²) >= 11 is 0. The largest absolute Gasteiger partial charge is 0.428 e. The maximum absolute atomic E-state index is 5.28. The van der Waals surface area contributed by atoms with Crippen molar-refractivity contribution in [3.63, 3.8) is 0 Å². The van der Waals surface area contributed by atoms with E-state index in [0.717, 1.165) is 26.1 Å². The van der Waals surface area contributed by atoms with Gasteiger partial charge < -0.3 is 9.15 Å². The number of nitrogens with zero attached hydrogens (tertiary/aromatic N) is 2. The van der Waals surface area contributed by atoms with Crippen LogP contribution in [0, 0.1) is 0 Å². The molecule has 1 aliphatic rings. The molecule has 4 nitrogen and oxygen atoms in total. The Morgan fingerprint density at radius 3 is 3.18 bits per heavy atom. The zero-order valence-electron chi connectivity index (χ0n) is 6.19. The number of hydrogen-bond donors (Lipinski definition) is 0. The molecular formula is C7H10N2O2. The molecule has 2 rings (SSSR count). The lowest BCUT2D eigenvalue weighted by atomic mass is 10.0. The summed E-state index contributed by atoms with van der Waals surface area (Å²) in [6, 6.07) is 0. The molecule has 60 valence electrons. The first-order valence-corrected chi connectivity index (χ1v) is 3.80. The van der Waals surface area contributed by atoms with Crippen molar-refractivity contribution < 1.29 is 9.15 Å². The highest BCUT2D eigenvalue weighted by molar-refractivity contribution is 4.89. The van der Waals surface area contributed by atoms with Gasteiger partial charge in [0.15, 0.2) is 0 Å². The molecule has 1 aromatic rings. The van der Waals surface area contributed by atoms with Crippen molar-refractivity contribution in [3.8, 4) is 0 Å². The lowest BCUT2D eigenvalue weighted by Gasteiger charge is -2.18. The van der Waals surface area contributed by atoms with Crippen molar-refractivity contribution in [2.75, 3.05) is 13.2 Å². The first-order chi connectivity index (χ1) is 5.47. The van der Waals surface area contributed by atoms with E-state index in [-0.39, 0.29) is 0 Å². The summed E-state index contributed by atoms with van der Waals surface area (Å²) in [7, 11) is 0. The fourth-order valence-electron chi connectivity index (χ4n) is 1.29. The summed E-state index contributed by atoms with van der Waals surface area (Å²) in [5.74, 6) is 1.04. The first-order valence-electron chi connectivity index (χ1n) is 3.80. The van der Waals surface area contributed by atoms with Gasteiger partial charge in [-0.25, -0.2) is 0 Å². The molecule has 1 fully saturated rings. The van der Waals surface area contributed by atoms with Gasteiger partial charge in [0, 0.05) is 6.61 Å². The topological polar surface area (TPSA) is 48.2 Å². The van der Waals surface area contributed by atoms with Crippen molar-refractivity contribution in [1.29, 1.82) is 0 Å². The van der Waals surface area contributed by atoms with E-state index in [1.54, 1.807) is 0 Å². The van der Waals surface area contributed by atoms with Gasteiger partial charge in [-0.2, -0.15) is 0 Å². The molecule has 0 radical (unpaired) electrons. The van der Waals surface area contributed by atoms with E-state index in [0.29, 0.717) is 11.8 Å². The zero-order valence-corrected chi connectivity index (χ0v) is 6.19. The van der Waals surface area contributed by atoms with E-state index in [1.165, 1.54) is 6.39 Å². The van der Waals surface area contributed by atoms with Crippen LogP contribution in [0.1, 0.15) is 24.7 Å². The third-order valence-electron chi connectivity index (χ3n) is 1.89. The molecule has 11 heavy (non-hydrogen) atoms. The summed E-state index contributed by atoms with van der Waals surface area (Å²) < 4.78 is 10.3. The van der Waals surface area contributed by atoms with Crippen molar-refractivity contribution in [2.24, 2.45) is 0 Å². The van der Waals surface area contributed by atoms with E-state index in [9.17, 15) is 0 Å². The van der Waals surface area contributed by atoms with Crippen LogP contribution in [0.3, 0.4) is 0 Å². The standard InChI is InChI=1S/C7H10N2O2/c1-2-6(4-10-3-1)7-9-8-5-11-7/h5-6H,1-4H2. The highest BCUT2D eigenvalue weighted by Gasteiger charge is 2.19. The van der Waals surface area contributed by atoms with Crippen LogP contribution in [0.25, 0.3) is 0 Å². The third kappa shape index (κ3) is 1.40. The maximum Gasteiger partial charge on any atom is 0.221 e. The fourth-order valence-corrected chi connectivity index (χ4v) is 1.29. The molecule has 1 atom stereocenters. The van der Waals surface area contributed by atoms with E-state index >= 15 is 0 Å². The minimum Gasteiger partial charge on any atom is -0.428 e. The van der Waals surface area contributed by atoms with Crippen LogP contribution in [-0.2, 0) is 4.74 Å². The van der Waals surface area contributed by atoms with Gasteiger partial charge in [-0.05, 0) is 12.8 Å². The van der Waals surface area contributed by atoms with Gasteiger partial charge >= 0.3 is 0 Å². The molecular weight excluding hydrogens is 144 g/mol. The highest BCUT2D eigenvalue weighted by Crippen LogP contribution is 2.22. The van der Waals surface area contributed by atoms with Crippen LogP contribution >= 0.6 is 0 Å². The van der Waals surface area contributed by atoms with Crippen LogP contribution < -0.4 is 0 Å². The van der Waals surface area contributed by atoms with Crippen LogP contribution in [0.2, 0.25) is 0 Å². The molecule has 2 heterocycles. The molecule has 0 N–H and O–H groups in total. The molecule has 4 heteroatoms. The second kappa shape index (κ2) is 3.00. The van der Waals surface area contributed by atoms with Crippen LogP contribution in [0.15, 0.2) is 10.8 Å². The summed E-state index contributed by atoms with van der Waals surface area (Å²) in [4.78, 5) is 0. The maximum atomic E-state index is 5.28. The van der Waals surface area contributed by atoms with Gasteiger partial charge in [0.25, 0.3) is 0 Å². The summed E-state index contributed by atoms with van der Waals surface area (Å²) in [6.45, 7) is 1.59. The van der Waals surface area contributed by atoms with Crippen molar-refractivity contribution in [3.05, 3.63) is 12.3 Å². The Hall–Kier alpha value is -0.900. The lowest BCUT2D eigenvalue weighted by Crippen LogP contribution is -2.15. The van der Waals surface area contributed by atoms with E-state index in [4.69, 9.17) is 9.15 Å². The second-order valence-electron chi connectivity index (χ2n) is 2.69. The zero-order chi connectivity index (χ0) is 7.52. The molecule has 0 saturated carbocycles. The monoisotopic (exact) mass is 154 g/mol. The van der Waals surface area contributed by atoms with Crippen LogP contribution in [-0.4, -0.2) is 23.4 Å². The van der Waals surface area contributed by atoms with Gasteiger partial charge in [-0.1, -0.05) is 0 Å². The fraction of sp³-hybridized carbons (Fsp3) is 0.714. The van der Waals surface area contributed by atoms with Gasteiger partial charge in [-0.3, -0.25) is 0 Å². The minimum atomic E-state index is 0.325. The molecule has 0 bridgehead atoms. The van der Waals surface area contributed by atoms with E-state index < -0.39 is 0 Å². The normalized spacial score (nSPS) is 25.3. The van der Waals surface area contributed by atoms with Crippen molar-refractivity contribution >= 4 is 0 Å². The molecule has 1 unspecified atom stereocenters. The summed E-state index contributed by atoms with van der Waals surface area (Å²) in [6.07, 6.45) is 3.55. The molecule has 1 aromatic heterocycles. The molecule has 1 saturated heterocycles. The number of rotatable bonds is 1. The Kier molecular flexibility index (Phi) is 1.85. The van der Waals surface area contributed by atoms with Gasteiger partial charge in [0.05, 0.1) is 12.5 Å². The lowest BCUT2D eigenvalue weighted by molar-refractivity contribution is 0.0725. The Morgan fingerprint density at radius 2 is 2.55 bits per heavy atom. The average molecular weight is 154 g/mol. The Balaban J connectivity index is 2.04. The second-order valence-corrected chi connectivity index (χ2v) is 2.69. The molecule has 1 aliphatic heterocycles. The highest BCUT2D eigenvalue weighted by atomic mass is 16.5. The summed E-state index contributed by atoms with van der Waals surface area (Å²) in [5, 5.41) is 7.47. The molecule has 0 amide bonds. The quantitative estimate of drug-likeness (QED) is 0.604. The smallest absolute Gasteiger partial charge is 0.221 e. The van der Waals surface area contributed by atoms with Gasteiger partial charge in [0.2, 0.25) is 12.3 Å². The Bertz CT molecular complexity index is 204. The predicted octanol–water partition coefficient (Wildman–Crippen LogP) is 0.964. The minimum absolute atomic E-state index is 0.325. The van der Waals surface area contributed by atoms with Crippen molar-refractivity contribution in [1.82, 2.24) is 10.2 Å². The van der Waals surface area contributed by atoms with Gasteiger partial charge in [0.1, 0.15) is 0 Å². The van der Waals surface area contributed by atoms with Crippen LogP contribution in [0.4, 0.5) is 0 Å². The number of aromatic nitrogens is 2. The first kappa shape index (κ1) is 6.79. The predicted molar refractivity (Wildman–Crippen MR) is 37.1 cm³/mol. The average Bonchev–Trinajstić information content (AvgIpc) is 2.58. The van der Waals surface area contributed by atoms with Crippen molar-refractivity contribution in [2.45, 2.75) is 18.8 Å².